The average Bonchev–Trinajstić information content (AvgIpc) is 2.17. The van der Waals surface area contributed by atoms with E-state index in [1.807, 2.05) is 7.05 Å². The third-order valence-corrected chi connectivity index (χ3v) is 3.66. The fourth-order valence-corrected chi connectivity index (χ4v) is 2.60. The van der Waals surface area contributed by atoms with E-state index in [1.165, 1.54) is 25.9 Å². The highest BCUT2D eigenvalue weighted by atomic mass is 16.1. The van der Waals surface area contributed by atoms with Gasteiger partial charge in [-0.2, -0.15) is 0 Å². The molecule has 0 radical (unpaired) electrons. The smallest absolute Gasteiger partial charge is 0.209 e. The van der Waals surface area contributed by atoms with Crippen LogP contribution in [0.4, 0.5) is 0 Å². The zero-order valence-corrected chi connectivity index (χ0v) is 10.5. The third kappa shape index (κ3) is 3.49. The molecule has 0 unspecified atom stereocenters. The van der Waals surface area contributed by atoms with Crippen molar-refractivity contribution in [1.82, 2.24) is 9.80 Å². The largest absolute Gasteiger partial charge is 0.348 e. The van der Waals surface area contributed by atoms with E-state index in [9.17, 15) is 4.79 Å². The number of piperidine rings is 1. The minimum atomic E-state index is 0.247. The normalized spacial score (nSPS) is 20.3. The SMILES string of the molecule is CN(C=O)CC(C)(C)C1CCN(C)CC1. The lowest BCUT2D eigenvalue weighted by Gasteiger charge is -2.41. The molecule has 1 amide bonds. The van der Waals surface area contributed by atoms with E-state index in [4.69, 9.17) is 0 Å². The van der Waals surface area contributed by atoms with E-state index in [1.54, 1.807) is 4.90 Å². The Bertz CT molecular complexity index is 208. The first-order valence-electron chi connectivity index (χ1n) is 5.80. The van der Waals surface area contributed by atoms with Gasteiger partial charge >= 0.3 is 0 Å². The van der Waals surface area contributed by atoms with Crippen LogP contribution in [0.5, 0.6) is 0 Å². The third-order valence-electron chi connectivity index (χ3n) is 3.66. The van der Waals surface area contributed by atoms with Gasteiger partial charge in [0.1, 0.15) is 0 Å². The van der Waals surface area contributed by atoms with Gasteiger partial charge in [-0.1, -0.05) is 13.8 Å². The highest BCUT2D eigenvalue weighted by Crippen LogP contribution is 2.34. The molecule has 0 spiro atoms. The predicted molar refractivity (Wildman–Crippen MR) is 62.7 cm³/mol. The number of likely N-dealkylation sites (tertiary alicyclic amines) is 1. The minimum absolute atomic E-state index is 0.247. The quantitative estimate of drug-likeness (QED) is 0.658. The van der Waals surface area contributed by atoms with Crippen LogP contribution < -0.4 is 0 Å². The van der Waals surface area contributed by atoms with Gasteiger partial charge in [-0.3, -0.25) is 4.79 Å². The summed E-state index contributed by atoms with van der Waals surface area (Å²) in [4.78, 5) is 14.8. The summed E-state index contributed by atoms with van der Waals surface area (Å²) in [6.07, 6.45) is 3.45. The molecular weight excluding hydrogens is 188 g/mol. The molecule has 1 aliphatic rings. The van der Waals surface area contributed by atoms with Crippen molar-refractivity contribution in [1.29, 1.82) is 0 Å². The van der Waals surface area contributed by atoms with Crippen molar-refractivity contribution in [3.05, 3.63) is 0 Å². The molecule has 1 fully saturated rings. The Kier molecular flexibility index (Phi) is 4.14. The maximum atomic E-state index is 10.6. The molecule has 0 bridgehead atoms. The number of carbonyl (C=O) groups is 1. The second-order valence-electron chi connectivity index (χ2n) is 5.59. The van der Waals surface area contributed by atoms with Gasteiger partial charge in [0.25, 0.3) is 0 Å². The standard InChI is InChI=1S/C12H24N2O/c1-12(2,9-14(4)10-15)11-5-7-13(3)8-6-11/h10-11H,5-9H2,1-4H3. The Hall–Kier alpha value is -0.570. The molecule has 0 aromatic rings. The lowest BCUT2D eigenvalue weighted by Crippen LogP contribution is -2.42. The number of hydrogen-bond donors (Lipinski definition) is 0. The summed E-state index contributed by atoms with van der Waals surface area (Å²) in [6.45, 7) is 7.81. The van der Waals surface area contributed by atoms with Gasteiger partial charge in [-0.05, 0) is 44.3 Å². The van der Waals surface area contributed by atoms with E-state index in [0.717, 1.165) is 18.9 Å². The molecule has 0 aromatic carbocycles. The first kappa shape index (κ1) is 12.5. The van der Waals surface area contributed by atoms with E-state index in [-0.39, 0.29) is 5.41 Å². The van der Waals surface area contributed by atoms with E-state index in [0.29, 0.717) is 0 Å². The number of amides is 1. The molecule has 0 aromatic heterocycles. The van der Waals surface area contributed by atoms with Gasteiger partial charge in [0.2, 0.25) is 6.41 Å². The molecule has 1 rings (SSSR count). The van der Waals surface area contributed by atoms with Crippen molar-refractivity contribution in [2.45, 2.75) is 26.7 Å². The fourth-order valence-electron chi connectivity index (χ4n) is 2.60. The van der Waals surface area contributed by atoms with Crippen molar-refractivity contribution in [2.75, 3.05) is 33.7 Å². The van der Waals surface area contributed by atoms with E-state index in [2.05, 4.69) is 25.8 Å². The zero-order valence-electron chi connectivity index (χ0n) is 10.5. The van der Waals surface area contributed by atoms with Crippen LogP contribution in [0, 0.1) is 11.3 Å². The molecule has 15 heavy (non-hydrogen) atoms. The summed E-state index contributed by atoms with van der Waals surface area (Å²) in [5.74, 6) is 0.746. The summed E-state index contributed by atoms with van der Waals surface area (Å²) in [6, 6.07) is 0. The van der Waals surface area contributed by atoms with Crippen LogP contribution in [-0.4, -0.2) is 49.9 Å². The Labute approximate surface area is 93.4 Å². The van der Waals surface area contributed by atoms with Gasteiger partial charge in [0.05, 0.1) is 0 Å². The van der Waals surface area contributed by atoms with Gasteiger partial charge in [0.15, 0.2) is 0 Å². The molecule has 3 heteroatoms. The second kappa shape index (κ2) is 4.97. The molecule has 1 aliphatic heterocycles. The second-order valence-corrected chi connectivity index (χ2v) is 5.59. The number of hydrogen-bond acceptors (Lipinski definition) is 2. The summed E-state index contributed by atoms with van der Waals surface area (Å²) in [7, 11) is 4.05. The molecule has 1 saturated heterocycles. The number of rotatable bonds is 4. The van der Waals surface area contributed by atoms with Crippen LogP contribution in [-0.2, 0) is 4.79 Å². The van der Waals surface area contributed by atoms with Gasteiger partial charge < -0.3 is 9.80 Å². The summed E-state index contributed by atoms with van der Waals surface area (Å²) in [5.41, 5.74) is 0.247. The lowest BCUT2D eigenvalue weighted by molar-refractivity contribution is -0.118. The molecule has 0 N–H and O–H groups in total. The van der Waals surface area contributed by atoms with Gasteiger partial charge in [-0.15, -0.1) is 0 Å². The fraction of sp³-hybridized carbons (Fsp3) is 0.917. The van der Waals surface area contributed by atoms with Crippen LogP contribution in [0.3, 0.4) is 0 Å². The summed E-state index contributed by atoms with van der Waals surface area (Å²) in [5, 5.41) is 0. The Morgan fingerprint density at radius 1 is 1.40 bits per heavy atom. The Morgan fingerprint density at radius 3 is 2.40 bits per heavy atom. The topological polar surface area (TPSA) is 23.6 Å². The van der Waals surface area contributed by atoms with Crippen LogP contribution >= 0.6 is 0 Å². The average molecular weight is 212 g/mol. The summed E-state index contributed by atoms with van der Waals surface area (Å²) < 4.78 is 0. The lowest BCUT2D eigenvalue weighted by atomic mass is 9.73. The Morgan fingerprint density at radius 2 is 1.93 bits per heavy atom. The van der Waals surface area contributed by atoms with Gasteiger partial charge in [0, 0.05) is 13.6 Å². The molecule has 3 nitrogen and oxygen atoms in total. The van der Waals surface area contributed by atoms with Crippen molar-refractivity contribution < 1.29 is 4.79 Å². The zero-order chi connectivity index (χ0) is 11.5. The predicted octanol–water partition coefficient (Wildman–Crippen LogP) is 1.44. The first-order chi connectivity index (χ1) is 6.95. The molecule has 88 valence electrons. The highest BCUT2D eigenvalue weighted by molar-refractivity contribution is 5.46. The van der Waals surface area contributed by atoms with Crippen molar-refractivity contribution in [3.8, 4) is 0 Å². The van der Waals surface area contributed by atoms with Crippen LogP contribution in [0.1, 0.15) is 26.7 Å². The molecule has 0 aliphatic carbocycles. The maximum absolute atomic E-state index is 10.6. The minimum Gasteiger partial charge on any atom is -0.348 e. The molecular formula is C12H24N2O. The first-order valence-corrected chi connectivity index (χ1v) is 5.80. The Balaban J connectivity index is 2.49. The number of nitrogens with zero attached hydrogens (tertiary/aromatic N) is 2. The van der Waals surface area contributed by atoms with E-state index < -0.39 is 0 Å². The number of carbonyl (C=O) groups excluding carboxylic acids is 1. The molecule has 0 saturated carbocycles. The van der Waals surface area contributed by atoms with E-state index >= 15 is 0 Å². The van der Waals surface area contributed by atoms with Crippen molar-refractivity contribution in [2.24, 2.45) is 11.3 Å². The van der Waals surface area contributed by atoms with Crippen molar-refractivity contribution in [3.63, 3.8) is 0 Å². The maximum Gasteiger partial charge on any atom is 0.209 e. The summed E-state index contributed by atoms with van der Waals surface area (Å²) >= 11 is 0. The highest BCUT2D eigenvalue weighted by Gasteiger charge is 2.32. The van der Waals surface area contributed by atoms with Crippen LogP contribution in [0.25, 0.3) is 0 Å². The molecule has 0 atom stereocenters. The van der Waals surface area contributed by atoms with Crippen LogP contribution in [0.15, 0.2) is 0 Å². The monoisotopic (exact) mass is 212 g/mol. The molecule has 1 heterocycles. The van der Waals surface area contributed by atoms with Crippen molar-refractivity contribution >= 4 is 6.41 Å². The van der Waals surface area contributed by atoms with Crippen LogP contribution in [0.2, 0.25) is 0 Å². The van der Waals surface area contributed by atoms with Gasteiger partial charge in [-0.25, -0.2) is 0 Å².